The second-order valence-electron chi connectivity index (χ2n) is 6.81. The maximum absolute atomic E-state index is 5.57. The summed E-state index contributed by atoms with van der Waals surface area (Å²) in [4.78, 5) is 6.79. The van der Waals surface area contributed by atoms with E-state index in [4.69, 9.17) is 9.47 Å². The minimum absolute atomic E-state index is 0. The average Bonchev–Trinajstić information content (AvgIpc) is 3.22. The van der Waals surface area contributed by atoms with E-state index in [0.717, 1.165) is 37.0 Å². The molecule has 2 aromatic carbocycles. The summed E-state index contributed by atoms with van der Waals surface area (Å²) >= 11 is 0. The molecule has 0 bridgehead atoms. The second kappa shape index (κ2) is 11.7. The van der Waals surface area contributed by atoms with Crippen LogP contribution < -0.4 is 25.0 Å². The lowest BCUT2D eigenvalue weighted by molar-refractivity contribution is 0.311. The average molecular weight is 510 g/mol. The molecule has 1 heterocycles. The molecule has 7 heteroatoms. The fraction of sp³-hybridized carbons (Fsp3) is 0.409. The Morgan fingerprint density at radius 1 is 1.17 bits per heavy atom. The summed E-state index contributed by atoms with van der Waals surface area (Å²) < 4.78 is 11.0. The summed E-state index contributed by atoms with van der Waals surface area (Å²) in [6.07, 6.45) is 1.18. The highest BCUT2D eigenvalue weighted by Crippen LogP contribution is 2.30. The maximum atomic E-state index is 5.57. The first-order chi connectivity index (χ1) is 13.7. The smallest absolute Gasteiger partial charge is 0.195 e. The molecule has 2 N–H and O–H groups in total. The van der Waals surface area contributed by atoms with E-state index in [9.17, 15) is 0 Å². The van der Waals surface area contributed by atoms with Crippen molar-refractivity contribution in [2.24, 2.45) is 10.9 Å². The number of nitrogens with one attached hydrogen (secondary N) is 2. The largest absolute Gasteiger partial charge is 0.493 e. The molecule has 3 rings (SSSR count). The topological polar surface area (TPSA) is 58.1 Å². The molecule has 0 spiro atoms. The van der Waals surface area contributed by atoms with Gasteiger partial charge in [0.25, 0.3) is 0 Å². The van der Waals surface area contributed by atoms with Crippen molar-refractivity contribution in [1.29, 1.82) is 0 Å². The molecule has 1 aliphatic heterocycles. The Balaban J connectivity index is 0.00000300. The zero-order valence-corrected chi connectivity index (χ0v) is 19.7. The van der Waals surface area contributed by atoms with Crippen molar-refractivity contribution in [3.05, 3.63) is 48.5 Å². The van der Waals surface area contributed by atoms with Gasteiger partial charge in [0.05, 0.1) is 13.7 Å². The Morgan fingerprint density at radius 2 is 1.97 bits per heavy atom. The van der Waals surface area contributed by atoms with Gasteiger partial charge in [0, 0.05) is 44.1 Å². The molecule has 1 aliphatic rings. The predicted octanol–water partition coefficient (Wildman–Crippen LogP) is 4.23. The van der Waals surface area contributed by atoms with Gasteiger partial charge < -0.3 is 25.0 Å². The summed E-state index contributed by atoms with van der Waals surface area (Å²) in [5.41, 5.74) is 2.21. The van der Waals surface area contributed by atoms with Crippen molar-refractivity contribution in [3.8, 4) is 11.5 Å². The third kappa shape index (κ3) is 6.42. The number of aliphatic imine (C=N–C) groups is 1. The van der Waals surface area contributed by atoms with E-state index in [1.165, 1.54) is 12.1 Å². The molecule has 29 heavy (non-hydrogen) atoms. The zero-order valence-electron chi connectivity index (χ0n) is 17.4. The van der Waals surface area contributed by atoms with Crippen LogP contribution in [0.5, 0.6) is 11.5 Å². The summed E-state index contributed by atoms with van der Waals surface area (Å²) in [6, 6.07) is 16.4. The number of guanidine groups is 1. The number of para-hydroxylation sites is 1. The first kappa shape index (κ1) is 23.1. The van der Waals surface area contributed by atoms with Crippen LogP contribution in [0.25, 0.3) is 0 Å². The zero-order chi connectivity index (χ0) is 19.8. The Labute approximate surface area is 190 Å². The molecule has 0 amide bonds. The first-order valence-corrected chi connectivity index (χ1v) is 9.82. The van der Waals surface area contributed by atoms with Crippen molar-refractivity contribution in [2.75, 3.05) is 50.6 Å². The molecule has 1 atom stereocenters. The van der Waals surface area contributed by atoms with E-state index in [2.05, 4.69) is 50.9 Å². The normalized spacial score (nSPS) is 16.2. The van der Waals surface area contributed by atoms with Gasteiger partial charge in [-0.3, -0.25) is 4.99 Å². The van der Waals surface area contributed by atoms with Gasteiger partial charge in [-0.1, -0.05) is 18.2 Å². The van der Waals surface area contributed by atoms with Crippen LogP contribution in [0.3, 0.4) is 0 Å². The van der Waals surface area contributed by atoms with Gasteiger partial charge >= 0.3 is 0 Å². The summed E-state index contributed by atoms with van der Waals surface area (Å²) in [6.45, 7) is 5.60. The number of hydrogen-bond donors (Lipinski definition) is 2. The van der Waals surface area contributed by atoms with Crippen LogP contribution in [0.15, 0.2) is 53.5 Å². The van der Waals surface area contributed by atoms with Crippen LogP contribution in [0.1, 0.15) is 13.3 Å². The summed E-state index contributed by atoms with van der Waals surface area (Å²) in [5.74, 6) is 2.79. The van der Waals surface area contributed by atoms with Crippen molar-refractivity contribution in [1.82, 2.24) is 5.32 Å². The van der Waals surface area contributed by atoms with Gasteiger partial charge in [-0.05, 0) is 43.5 Å². The number of hydrogen-bond acceptors (Lipinski definition) is 4. The Kier molecular flexibility index (Phi) is 9.37. The summed E-state index contributed by atoms with van der Waals surface area (Å²) in [5, 5.41) is 6.78. The van der Waals surface area contributed by atoms with Gasteiger partial charge in [0.1, 0.15) is 0 Å². The fourth-order valence-corrected chi connectivity index (χ4v) is 3.45. The van der Waals surface area contributed by atoms with Crippen LogP contribution in [0, 0.1) is 5.92 Å². The van der Waals surface area contributed by atoms with Crippen LogP contribution in [0.4, 0.5) is 11.4 Å². The molecular weight excluding hydrogens is 479 g/mol. The molecule has 0 saturated carbocycles. The van der Waals surface area contributed by atoms with E-state index >= 15 is 0 Å². The van der Waals surface area contributed by atoms with E-state index in [-0.39, 0.29) is 24.0 Å². The van der Waals surface area contributed by atoms with Crippen LogP contribution in [0.2, 0.25) is 0 Å². The highest BCUT2D eigenvalue weighted by molar-refractivity contribution is 14.0. The van der Waals surface area contributed by atoms with Crippen LogP contribution in [-0.2, 0) is 0 Å². The highest BCUT2D eigenvalue weighted by Gasteiger charge is 2.22. The molecule has 1 fully saturated rings. The fourth-order valence-electron chi connectivity index (χ4n) is 3.45. The van der Waals surface area contributed by atoms with E-state index in [1.807, 2.05) is 25.1 Å². The molecular formula is C22H31IN4O2. The lowest BCUT2D eigenvalue weighted by Crippen LogP contribution is -2.35. The Morgan fingerprint density at radius 3 is 2.66 bits per heavy atom. The number of ether oxygens (including phenoxy) is 2. The second-order valence-corrected chi connectivity index (χ2v) is 6.81. The minimum atomic E-state index is 0. The van der Waals surface area contributed by atoms with E-state index in [0.29, 0.717) is 18.3 Å². The van der Waals surface area contributed by atoms with Crippen molar-refractivity contribution >= 4 is 41.3 Å². The van der Waals surface area contributed by atoms with Gasteiger partial charge in [0.2, 0.25) is 0 Å². The lowest BCUT2D eigenvalue weighted by Gasteiger charge is -2.19. The quantitative estimate of drug-likeness (QED) is 0.332. The minimum Gasteiger partial charge on any atom is -0.493 e. The van der Waals surface area contributed by atoms with Gasteiger partial charge in [-0.25, -0.2) is 0 Å². The molecule has 1 unspecified atom stereocenters. The van der Waals surface area contributed by atoms with Crippen molar-refractivity contribution in [3.63, 3.8) is 0 Å². The molecule has 0 aliphatic carbocycles. The molecule has 1 saturated heterocycles. The molecule has 0 radical (unpaired) electrons. The third-order valence-corrected chi connectivity index (χ3v) is 4.92. The first-order valence-electron chi connectivity index (χ1n) is 9.82. The Bertz CT molecular complexity index is 786. The molecule has 6 nitrogen and oxygen atoms in total. The number of nitrogens with zero attached hydrogens (tertiary/aromatic N) is 2. The number of anilines is 2. The van der Waals surface area contributed by atoms with E-state index in [1.54, 1.807) is 14.2 Å². The van der Waals surface area contributed by atoms with Crippen LogP contribution >= 0.6 is 24.0 Å². The number of benzene rings is 2. The number of halogens is 1. The standard InChI is InChI=1S/C22H30N4O2.HI/c1-4-28-20-11-10-18(14-21(20)27-3)25-22(23-2)24-15-17-12-13-26(16-17)19-8-6-5-7-9-19;/h5-11,14,17H,4,12-13,15-16H2,1-3H3,(H2,23,24,25);1H. The highest BCUT2D eigenvalue weighted by atomic mass is 127. The summed E-state index contributed by atoms with van der Waals surface area (Å²) in [7, 11) is 3.43. The van der Waals surface area contributed by atoms with Gasteiger partial charge in [0.15, 0.2) is 17.5 Å². The van der Waals surface area contributed by atoms with Crippen molar-refractivity contribution < 1.29 is 9.47 Å². The molecule has 158 valence electrons. The monoisotopic (exact) mass is 510 g/mol. The van der Waals surface area contributed by atoms with Gasteiger partial charge in [-0.15, -0.1) is 24.0 Å². The van der Waals surface area contributed by atoms with Crippen LogP contribution in [-0.4, -0.2) is 46.4 Å². The molecule has 2 aromatic rings. The third-order valence-electron chi connectivity index (χ3n) is 4.92. The SMILES string of the molecule is CCOc1ccc(NC(=NC)NCC2CCN(c3ccccc3)C2)cc1OC.I. The number of methoxy groups -OCH3 is 1. The van der Waals surface area contributed by atoms with Crippen molar-refractivity contribution in [2.45, 2.75) is 13.3 Å². The van der Waals surface area contributed by atoms with E-state index < -0.39 is 0 Å². The maximum Gasteiger partial charge on any atom is 0.195 e. The molecule has 0 aromatic heterocycles. The Hall–Kier alpha value is -2.16. The predicted molar refractivity (Wildman–Crippen MR) is 131 cm³/mol. The van der Waals surface area contributed by atoms with Gasteiger partial charge in [-0.2, -0.15) is 0 Å². The number of rotatable bonds is 7. The lowest BCUT2D eigenvalue weighted by atomic mass is 10.1.